The quantitative estimate of drug-likeness (QED) is 0.362. The van der Waals surface area contributed by atoms with E-state index in [1.54, 1.807) is 0 Å². The molecule has 0 radical (unpaired) electrons. The molecular weight excluding hydrogens is 482 g/mol. The maximum absolute atomic E-state index is 14.2. The average molecular weight is 500 g/mol. The van der Waals surface area contributed by atoms with E-state index in [1.165, 1.54) is 0 Å². The van der Waals surface area contributed by atoms with Crippen LogP contribution >= 0.6 is 15.9 Å². The third-order valence-corrected chi connectivity index (χ3v) is 7.85. The Bertz CT molecular complexity index is 1480. The molecule has 33 heavy (non-hydrogen) atoms. The Hall–Kier alpha value is -3.51. The van der Waals surface area contributed by atoms with Crippen molar-refractivity contribution in [2.45, 2.75) is 12.0 Å². The van der Waals surface area contributed by atoms with Gasteiger partial charge in [-0.1, -0.05) is 54.6 Å². The molecule has 0 N–H and O–H groups in total. The molecular formula is C27H18BrNO4. The smallest absolute Gasteiger partial charge is 0.246 e. The Morgan fingerprint density at radius 3 is 2.55 bits per heavy atom. The van der Waals surface area contributed by atoms with Gasteiger partial charge >= 0.3 is 0 Å². The van der Waals surface area contributed by atoms with Crippen molar-refractivity contribution < 1.29 is 19.0 Å². The van der Waals surface area contributed by atoms with Gasteiger partial charge in [-0.15, -0.1) is 0 Å². The number of fused-ring (bicyclic) bond motifs is 6. The van der Waals surface area contributed by atoms with E-state index in [4.69, 9.17) is 14.2 Å². The van der Waals surface area contributed by atoms with Gasteiger partial charge in [0.2, 0.25) is 12.7 Å². The lowest BCUT2D eigenvalue weighted by Crippen LogP contribution is -2.42. The molecule has 1 unspecified atom stereocenters. The number of hydrogen-bond acceptors (Lipinski definition) is 4. The molecule has 162 valence electrons. The van der Waals surface area contributed by atoms with Gasteiger partial charge in [0.1, 0.15) is 17.8 Å². The van der Waals surface area contributed by atoms with E-state index in [1.807, 2.05) is 53.4 Å². The summed E-state index contributed by atoms with van der Waals surface area (Å²) >= 11 is 3.79. The number of nitrogens with zero attached hydrogens (tertiary/aromatic N) is 1. The lowest BCUT2D eigenvalue weighted by molar-refractivity contribution is -0.122. The Balaban J connectivity index is 1.37. The van der Waals surface area contributed by atoms with E-state index in [0.29, 0.717) is 23.8 Å². The SMILES string of the molecule is O=C1N(Cc2ccc3ccccc3c2Br)c2ccccc2C12COc1cc3c(cc12)OCO3. The zero-order chi connectivity index (χ0) is 22.2. The second-order valence-corrected chi connectivity index (χ2v) is 9.36. The highest BCUT2D eigenvalue weighted by atomic mass is 79.9. The molecule has 1 spiro atoms. The lowest BCUT2D eigenvalue weighted by atomic mass is 9.77. The van der Waals surface area contributed by atoms with Gasteiger partial charge in [0, 0.05) is 21.8 Å². The van der Waals surface area contributed by atoms with E-state index >= 15 is 0 Å². The van der Waals surface area contributed by atoms with E-state index in [2.05, 4.69) is 40.2 Å². The molecule has 3 aliphatic heterocycles. The number of carbonyl (C=O) groups is 1. The maximum atomic E-state index is 14.2. The fourth-order valence-electron chi connectivity index (χ4n) is 5.29. The van der Waals surface area contributed by atoms with Crippen LogP contribution in [-0.2, 0) is 16.8 Å². The van der Waals surface area contributed by atoms with Crippen molar-refractivity contribution in [2.24, 2.45) is 0 Å². The molecule has 1 atom stereocenters. The largest absolute Gasteiger partial charge is 0.491 e. The van der Waals surface area contributed by atoms with E-state index in [9.17, 15) is 4.79 Å². The first-order valence-corrected chi connectivity index (χ1v) is 11.6. The first-order chi connectivity index (χ1) is 16.2. The van der Waals surface area contributed by atoms with Gasteiger partial charge in [0.05, 0.1) is 6.54 Å². The standard InChI is InChI=1S/C27H18BrNO4/c28-25-17(10-9-16-5-1-2-6-18(16)25)13-29-21-8-4-3-7-19(21)27(26(29)30)14-31-22-12-24-23(11-20(22)27)32-15-33-24/h1-12H,13-15H2. The second-order valence-electron chi connectivity index (χ2n) is 8.56. The van der Waals surface area contributed by atoms with Crippen LogP contribution in [0.4, 0.5) is 5.69 Å². The highest BCUT2D eigenvalue weighted by molar-refractivity contribution is 9.10. The van der Waals surface area contributed by atoms with Crippen LogP contribution in [0.25, 0.3) is 10.8 Å². The van der Waals surface area contributed by atoms with E-state index in [0.717, 1.165) is 37.6 Å². The van der Waals surface area contributed by atoms with Crippen molar-refractivity contribution in [3.8, 4) is 17.2 Å². The molecule has 0 aliphatic carbocycles. The topological polar surface area (TPSA) is 48.0 Å². The number of hydrogen-bond donors (Lipinski definition) is 0. The number of rotatable bonds is 2. The summed E-state index contributed by atoms with van der Waals surface area (Å²) in [6.07, 6.45) is 0. The van der Waals surface area contributed by atoms with Crippen LogP contribution < -0.4 is 19.1 Å². The van der Waals surface area contributed by atoms with Crippen molar-refractivity contribution in [1.82, 2.24) is 0 Å². The molecule has 1 amide bonds. The molecule has 3 heterocycles. The molecule has 0 aromatic heterocycles. The van der Waals surface area contributed by atoms with Gasteiger partial charge in [-0.2, -0.15) is 0 Å². The number of para-hydroxylation sites is 1. The van der Waals surface area contributed by atoms with Crippen molar-refractivity contribution in [1.29, 1.82) is 0 Å². The van der Waals surface area contributed by atoms with E-state index in [-0.39, 0.29) is 19.3 Å². The van der Waals surface area contributed by atoms with Gasteiger partial charge < -0.3 is 19.1 Å². The Morgan fingerprint density at radius 2 is 1.64 bits per heavy atom. The second kappa shape index (κ2) is 6.75. The third kappa shape index (κ3) is 2.50. The first-order valence-electron chi connectivity index (χ1n) is 10.8. The average Bonchev–Trinajstić information content (AvgIpc) is 3.52. The summed E-state index contributed by atoms with van der Waals surface area (Å²) < 4.78 is 18.2. The summed E-state index contributed by atoms with van der Waals surface area (Å²) in [7, 11) is 0. The van der Waals surface area contributed by atoms with Crippen LogP contribution in [-0.4, -0.2) is 19.3 Å². The molecule has 7 rings (SSSR count). The molecule has 0 fully saturated rings. The number of benzene rings is 4. The van der Waals surface area contributed by atoms with Gasteiger partial charge in [-0.25, -0.2) is 0 Å². The minimum atomic E-state index is -0.893. The molecule has 0 bridgehead atoms. The highest BCUT2D eigenvalue weighted by Gasteiger charge is 2.57. The van der Waals surface area contributed by atoms with Crippen LogP contribution in [0.2, 0.25) is 0 Å². The predicted molar refractivity (Wildman–Crippen MR) is 128 cm³/mol. The predicted octanol–water partition coefficient (Wildman–Crippen LogP) is 5.56. The number of carbonyl (C=O) groups excluding carboxylic acids is 1. The van der Waals surface area contributed by atoms with Gasteiger partial charge in [-0.05, 0) is 50.0 Å². The fourth-order valence-corrected chi connectivity index (χ4v) is 5.91. The number of halogens is 1. The van der Waals surface area contributed by atoms with Crippen LogP contribution in [0.1, 0.15) is 16.7 Å². The van der Waals surface area contributed by atoms with Crippen LogP contribution in [0.3, 0.4) is 0 Å². The van der Waals surface area contributed by atoms with Crippen LogP contribution in [0, 0.1) is 0 Å². The van der Waals surface area contributed by atoms with Crippen molar-refractivity contribution in [2.75, 3.05) is 18.3 Å². The normalized spacial score (nSPS) is 19.8. The monoisotopic (exact) mass is 499 g/mol. The summed E-state index contributed by atoms with van der Waals surface area (Å²) in [6, 6.07) is 24.2. The number of amides is 1. The highest BCUT2D eigenvalue weighted by Crippen LogP contribution is 2.55. The fraction of sp³-hybridized carbons (Fsp3) is 0.148. The molecule has 6 heteroatoms. The Labute approximate surface area is 198 Å². The summed E-state index contributed by atoms with van der Waals surface area (Å²) in [5.41, 5.74) is 2.88. The Morgan fingerprint density at radius 1 is 0.848 bits per heavy atom. The summed E-state index contributed by atoms with van der Waals surface area (Å²) in [5.74, 6) is 2.00. The summed E-state index contributed by atoms with van der Waals surface area (Å²) in [5, 5.41) is 2.29. The first kappa shape index (κ1) is 19.0. The number of anilines is 1. The lowest BCUT2D eigenvalue weighted by Gasteiger charge is -2.24. The molecule has 0 saturated heterocycles. The van der Waals surface area contributed by atoms with Crippen molar-refractivity contribution >= 4 is 38.3 Å². The molecule has 5 nitrogen and oxygen atoms in total. The summed E-state index contributed by atoms with van der Waals surface area (Å²) in [6.45, 7) is 0.900. The molecule has 4 aromatic rings. The van der Waals surface area contributed by atoms with Crippen LogP contribution in [0.5, 0.6) is 17.2 Å². The minimum absolute atomic E-state index is 0.0152. The number of ether oxygens (including phenoxy) is 3. The molecule has 0 saturated carbocycles. The van der Waals surface area contributed by atoms with Crippen molar-refractivity contribution in [3.63, 3.8) is 0 Å². The van der Waals surface area contributed by atoms with Gasteiger partial charge in [-0.3, -0.25) is 4.79 Å². The molecule has 3 aliphatic rings. The minimum Gasteiger partial charge on any atom is -0.491 e. The Kier molecular flexibility index (Phi) is 3.89. The zero-order valence-corrected chi connectivity index (χ0v) is 19.1. The van der Waals surface area contributed by atoms with Crippen LogP contribution in [0.15, 0.2) is 77.3 Å². The summed E-state index contributed by atoms with van der Waals surface area (Å²) in [4.78, 5) is 16.1. The maximum Gasteiger partial charge on any atom is 0.246 e. The van der Waals surface area contributed by atoms with E-state index < -0.39 is 5.41 Å². The molecule has 4 aromatic carbocycles. The van der Waals surface area contributed by atoms with Gasteiger partial charge in [0.25, 0.3) is 0 Å². The van der Waals surface area contributed by atoms with Gasteiger partial charge in [0.15, 0.2) is 11.5 Å². The zero-order valence-electron chi connectivity index (χ0n) is 17.5. The third-order valence-electron chi connectivity index (χ3n) is 6.92. The van der Waals surface area contributed by atoms with Crippen molar-refractivity contribution in [3.05, 3.63) is 94.0 Å².